The first-order valence-corrected chi connectivity index (χ1v) is 10.5. The lowest BCUT2D eigenvalue weighted by Crippen LogP contribution is -2.40. The van der Waals surface area contributed by atoms with Gasteiger partial charge in [-0.3, -0.25) is 0 Å². The Bertz CT molecular complexity index is 810. The van der Waals surface area contributed by atoms with Crippen LogP contribution in [0, 0.1) is 0 Å². The van der Waals surface area contributed by atoms with E-state index < -0.39 is 0 Å². The van der Waals surface area contributed by atoms with Crippen LogP contribution in [0.25, 0.3) is 6.08 Å². The Balaban J connectivity index is 1.44. The summed E-state index contributed by atoms with van der Waals surface area (Å²) in [6, 6.07) is 6.98. The Labute approximate surface area is 168 Å². The predicted molar refractivity (Wildman–Crippen MR) is 111 cm³/mol. The van der Waals surface area contributed by atoms with Crippen molar-refractivity contribution in [2.75, 3.05) is 20.3 Å². The second-order valence-electron chi connectivity index (χ2n) is 8.57. The monoisotopic (exact) mass is 381 g/mol. The van der Waals surface area contributed by atoms with Crippen LogP contribution in [0.1, 0.15) is 68.1 Å². The van der Waals surface area contributed by atoms with Crippen LogP contribution in [0.15, 0.2) is 35.4 Å². The topological polar surface area (TPSA) is 47.6 Å². The molecule has 1 heterocycles. The first-order valence-electron chi connectivity index (χ1n) is 10.5. The van der Waals surface area contributed by atoms with Crippen LogP contribution in [-0.4, -0.2) is 32.0 Å². The van der Waals surface area contributed by atoms with Crippen molar-refractivity contribution in [1.29, 1.82) is 0 Å². The number of rotatable bonds is 6. The Hall–Kier alpha value is -2.07. The predicted octanol–water partition coefficient (Wildman–Crippen LogP) is 5.14. The largest absolute Gasteiger partial charge is 0.447 e. The molecule has 4 heteroatoms. The second kappa shape index (κ2) is 8.12. The number of methoxy groups -OCH3 is 1. The number of fused-ring (bicyclic) bond motifs is 1. The van der Waals surface area contributed by atoms with Gasteiger partial charge in [0.05, 0.1) is 5.54 Å². The van der Waals surface area contributed by atoms with E-state index in [4.69, 9.17) is 9.47 Å². The summed E-state index contributed by atoms with van der Waals surface area (Å²) in [6.07, 6.45) is 12.0. The van der Waals surface area contributed by atoms with Crippen molar-refractivity contribution in [2.24, 2.45) is 0 Å². The van der Waals surface area contributed by atoms with Gasteiger partial charge in [0, 0.05) is 13.7 Å². The molecule has 150 valence electrons. The number of allylic oxidation sites excluding steroid dienone is 3. The van der Waals surface area contributed by atoms with Gasteiger partial charge in [-0.1, -0.05) is 35.9 Å². The third-order valence-corrected chi connectivity index (χ3v) is 6.60. The van der Waals surface area contributed by atoms with E-state index in [9.17, 15) is 4.79 Å². The van der Waals surface area contributed by atoms with E-state index in [2.05, 4.69) is 42.6 Å². The van der Waals surface area contributed by atoms with E-state index in [1.54, 1.807) is 7.11 Å². The van der Waals surface area contributed by atoms with Crippen molar-refractivity contribution in [3.63, 3.8) is 0 Å². The van der Waals surface area contributed by atoms with Crippen LogP contribution in [0.4, 0.5) is 4.79 Å². The molecule has 4 rings (SSSR count). The summed E-state index contributed by atoms with van der Waals surface area (Å²) in [6.45, 7) is 3.58. The molecule has 28 heavy (non-hydrogen) atoms. The summed E-state index contributed by atoms with van der Waals surface area (Å²) in [5.74, 6) is 0.514. The molecule has 2 atom stereocenters. The number of carbonyl (C=O) groups is 1. The highest BCUT2D eigenvalue weighted by molar-refractivity contribution is 5.71. The van der Waals surface area contributed by atoms with Crippen molar-refractivity contribution in [3.8, 4) is 0 Å². The molecule has 0 unspecified atom stereocenters. The standard InChI is InChI=1S/C24H31NO3/c1-17(5-3-4-12-27-2)18-6-7-20-14-21(9-8-19(20)13-18)22-10-11-24(15-22)16-28-23(26)25-24/h5,8-9,13-14,22H,3-4,6-7,10-12,15-16H2,1-2H3,(H,25,26)/b17-5+/t22-,24+/m0/s1. The van der Waals surface area contributed by atoms with Gasteiger partial charge in [0.15, 0.2) is 0 Å². The number of hydrogen-bond donors (Lipinski definition) is 1. The van der Waals surface area contributed by atoms with Crippen LogP contribution in [0.2, 0.25) is 0 Å². The fourth-order valence-electron chi connectivity index (χ4n) is 4.90. The lowest BCUT2D eigenvalue weighted by Gasteiger charge is -2.22. The summed E-state index contributed by atoms with van der Waals surface area (Å²) in [4.78, 5) is 11.5. The number of aryl methyl sites for hydroxylation is 1. The summed E-state index contributed by atoms with van der Waals surface area (Å²) in [5.41, 5.74) is 6.97. The molecule has 2 fully saturated rings. The van der Waals surface area contributed by atoms with Gasteiger partial charge in [0.25, 0.3) is 0 Å². The van der Waals surface area contributed by atoms with Gasteiger partial charge in [-0.25, -0.2) is 4.79 Å². The number of amides is 1. The quantitative estimate of drug-likeness (QED) is 0.695. The van der Waals surface area contributed by atoms with Gasteiger partial charge < -0.3 is 14.8 Å². The summed E-state index contributed by atoms with van der Waals surface area (Å²) in [5, 5.41) is 3.05. The molecular weight excluding hydrogens is 350 g/mol. The van der Waals surface area contributed by atoms with Gasteiger partial charge in [0.1, 0.15) is 6.61 Å². The summed E-state index contributed by atoms with van der Waals surface area (Å²) >= 11 is 0. The molecule has 0 radical (unpaired) electrons. The molecule has 1 aliphatic heterocycles. The summed E-state index contributed by atoms with van der Waals surface area (Å²) in [7, 11) is 1.76. The molecule has 1 N–H and O–H groups in total. The SMILES string of the molecule is COCCC/C=C(\C)C1=Cc2ccc([C@H]3CC[C@]4(COC(=O)N4)C3)cc2CC1. The van der Waals surface area contributed by atoms with Gasteiger partial charge >= 0.3 is 6.09 Å². The van der Waals surface area contributed by atoms with E-state index in [0.717, 1.165) is 51.6 Å². The van der Waals surface area contributed by atoms with Gasteiger partial charge in [-0.2, -0.15) is 0 Å². The Morgan fingerprint density at radius 1 is 1.39 bits per heavy atom. The average Bonchev–Trinajstić information content (AvgIpc) is 3.29. The van der Waals surface area contributed by atoms with Crippen molar-refractivity contribution in [3.05, 3.63) is 52.1 Å². The second-order valence-corrected chi connectivity index (χ2v) is 8.57. The third-order valence-electron chi connectivity index (χ3n) is 6.60. The zero-order valence-electron chi connectivity index (χ0n) is 17.1. The number of ether oxygens (including phenoxy) is 2. The van der Waals surface area contributed by atoms with E-state index in [1.165, 1.54) is 27.8 Å². The first-order chi connectivity index (χ1) is 13.6. The van der Waals surface area contributed by atoms with Crippen LogP contribution in [0.5, 0.6) is 0 Å². The molecule has 1 saturated heterocycles. The van der Waals surface area contributed by atoms with Crippen LogP contribution >= 0.6 is 0 Å². The molecule has 0 aromatic heterocycles. The van der Waals surface area contributed by atoms with E-state index >= 15 is 0 Å². The Morgan fingerprint density at radius 3 is 3.07 bits per heavy atom. The first kappa shape index (κ1) is 19.3. The van der Waals surface area contributed by atoms with Crippen LogP contribution < -0.4 is 5.32 Å². The molecule has 3 aliphatic rings. The van der Waals surface area contributed by atoms with Crippen molar-refractivity contribution in [1.82, 2.24) is 5.32 Å². The maximum atomic E-state index is 11.5. The molecule has 1 spiro atoms. The lowest BCUT2D eigenvalue weighted by atomic mass is 9.85. The zero-order valence-corrected chi connectivity index (χ0v) is 17.1. The normalized spacial score (nSPS) is 26.8. The fourth-order valence-corrected chi connectivity index (χ4v) is 4.90. The smallest absolute Gasteiger partial charge is 0.407 e. The van der Waals surface area contributed by atoms with Crippen molar-refractivity contribution < 1.29 is 14.3 Å². The number of nitrogens with one attached hydrogen (secondary N) is 1. The number of alkyl carbamates (subject to hydrolysis) is 1. The van der Waals surface area contributed by atoms with E-state index in [0.29, 0.717) is 12.5 Å². The number of cyclic esters (lactones) is 1. The number of benzene rings is 1. The minimum atomic E-state index is -0.255. The Kier molecular flexibility index (Phi) is 5.58. The molecule has 1 aromatic carbocycles. The average molecular weight is 382 g/mol. The number of unbranched alkanes of at least 4 members (excludes halogenated alkanes) is 1. The van der Waals surface area contributed by atoms with Gasteiger partial charge in [-0.05, 0) is 80.1 Å². The highest BCUT2D eigenvalue weighted by Gasteiger charge is 2.45. The maximum absolute atomic E-state index is 11.5. The van der Waals surface area contributed by atoms with Gasteiger partial charge in [0.2, 0.25) is 0 Å². The van der Waals surface area contributed by atoms with E-state index in [1.807, 2.05) is 0 Å². The Morgan fingerprint density at radius 2 is 2.29 bits per heavy atom. The lowest BCUT2D eigenvalue weighted by molar-refractivity contribution is 0.172. The zero-order chi connectivity index (χ0) is 19.6. The fraction of sp³-hybridized carbons (Fsp3) is 0.542. The minimum absolute atomic E-state index is 0.130. The number of carbonyl (C=O) groups excluding carboxylic acids is 1. The molecule has 0 bridgehead atoms. The minimum Gasteiger partial charge on any atom is -0.447 e. The molecule has 2 aliphatic carbocycles. The highest BCUT2D eigenvalue weighted by atomic mass is 16.6. The maximum Gasteiger partial charge on any atom is 0.407 e. The summed E-state index contributed by atoms with van der Waals surface area (Å²) < 4.78 is 10.3. The number of hydrogen-bond acceptors (Lipinski definition) is 3. The highest BCUT2D eigenvalue weighted by Crippen LogP contribution is 2.43. The molecular formula is C24H31NO3. The van der Waals surface area contributed by atoms with Gasteiger partial charge in [-0.15, -0.1) is 0 Å². The molecule has 1 aromatic rings. The molecule has 1 amide bonds. The van der Waals surface area contributed by atoms with E-state index in [-0.39, 0.29) is 11.6 Å². The molecule has 4 nitrogen and oxygen atoms in total. The van der Waals surface area contributed by atoms with Crippen molar-refractivity contribution in [2.45, 2.75) is 63.3 Å². The van der Waals surface area contributed by atoms with Crippen molar-refractivity contribution >= 4 is 12.2 Å². The van der Waals surface area contributed by atoms with Crippen LogP contribution in [-0.2, 0) is 15.9 Å². The third kappa shape index (κ3) is 4.02. The molecule has 1 saturated carbocycles. The van der Waals surface area contributed by atoms with Crippen LogP contribution in [0.3, 0.4) is 0 Å².